The van der Waals surface area contributed by atoms with Gasteiger partial charge in [-0.1, -0.05) is 32.0 Å². The summed E-state index contributed by atoms with van der Waals surface area (Å²) in [5.41, 5.74) is 6.08. The van der Waals surface area contributed by atoms with Gasteiger partial charge in [-0.25, -0.2) is 0 Å². The number of ether oxygens (including phenoxy) is 1. The highest BCUT2D eigenvalue weighted by Crippen LogP contribution is 2.19. The molecule has 0 aliphatic heterocycles. The molecule has 1 rings (SSSR count). The van der Waals surface area contributed by atoms with Gasteiger partial charge in [0.1, 0.15) is 5.75 Å². The smallest absolute Gasteiger partial charge is 0.119 e. The van der Waals surface area contributed by atoms with E-state index in [1.165, 1.54) is 0 Å². The van der Waals surface area contributed by atoms with Crippen molar-refractivity contribution in [3.8, 4) is 5.75 Å². The summed E-state index contributed by atoms with van der Waals surface area (Å²) in [5, 5.41) is 0. The van der Waals surface area contributed by atoms with Gasteiger partial charge in [0.2, 0.25) is 0 Å². The van der Waals surface area contributed by atoms with Crippen LogP contribution < -0.4 is 10.5 Å². The molecule has 0 amide bonds. The molecule has 3 nitrogen and oxygen atoms in total. The first kappa shape index (κ1) is 17.0. The van der Waals surface area contributed by atoms with Crippen LogP contribution in [-0.4, -0.2) is 36.7 Å². The molecule has 1 unspecified atom stereocenters. The topological polar surface area (TPSA) is 38.5 Å². The van der Waals surface area contributed by atoms with Crippen LogP contribution in [0.15, 0.2) is 30.3 Å². The van der Waals surface area contributed by atoms with E-state index in [9.17, 15) is 0 Å². The first-order valence-corrected chi connectivity index (χ1v) is 7.79. The Balaban J connectivity index is 2.39. The van der Waals surface area contributed by atoms with E-state index in [1.54, 1.807) is 0 Å². The predicted molar refractivity (Wildman–Crippen MR) is 86.2 cm³/mol. The molecule has 114 valence electrons. The van der Waals surface area contributed by atoms with E-state index in [0.29, 0.717) is 6.54 Å². The number of nitrogens with two attached hydrogens (primary N) is 1. The van der Waals surface area contributed by atoms with Crippen molar-refractivity contribution in [3.63, 3.8) is 0 Å². The van der Waals surface area contributed by atoms with Gasteiger partial charge in [0.05, 0.1) is 6.61 Å². The van der Waals surface area contributed by atoms with Crippen LogP contribution in [0, 0.1) is 0 Å². The van der Waals surface area contributed by atoms with Crippen LogP contribution in [0.3, 0.4) is 0 Å². The molecular formula is C17H30N2O. The van der Waals surface area contributed by atoms with E-state index < -0.39 is 0 Å². The summed E-state index contributed by atoms with van der Waals surface area (Å²) in [4.78, 5) is 2.52. The molecule has 0 saturated carbocycles. The average Bonchev–Trinajstić information content (AvgIpc) is 2.50. The van der Waals surface area contributed by atoms with Crippen molar-refractivity contribution in [2.75, 3.05) is 26.2 Å². The van der Waals surface area contributed by atoms with Crippen LogP contribution in [0.4, 0.5) is 0 Å². The molecule has 0 heterocycles. The van der Waals surface area contributed by atoms with Crippen LogP contribution in [0.1, 0.15) is 40.0 Å². The molecular weight excluding hydrogens is 248 g/mol. The molecule has 3 heteroatoms. The number of nitrogens with zero attached hydrogens (tertiary/aromatic N) is 1. The van der Waals surface area contributed by atoms with Crippen LogP contribution in [-0.2, 0) is 0 Å². The third kappa shape index (κ3) is 5.14. The van der Waals surface area contributed by atoms with Crippen molar-refractivity contribution >= 4 is 0 Å². The Kier molecular flexibility index (Phi) is 7.63. The fourth-order valence-corrected chi connectivity index (χ4v) is 2.38. The highest BCUT2D eigenvalue weighted by molar-refractivity contribution is 5.20. The van der Waals surface area contributed by atoms with Gasteiger partial charge >= 0.3 is 0 Å². The monoisotopic (exact) mass is 278 g/mol. The molecule has 1 aromatic carbocycles. The first-order chi connectivity index (χ1) is 9.66. The Morgan fingerprint density at radius 3 is 2.40 bits per heavy atom. The molecule has 0 spiro atoms. The van der Waals surface area contributed by atoms with Gasteiger partial charge in [-0.2, -0.15) is 0 Å². The predicted octanol–water partition coefficient (Wildman–Crippen LogP) is 3.29. The Morgan fingerprint density at radius 1 is 1.15 bits per heavy atom. The SMILES string of the molecule is CCCN(CCCOc1ccccc1)C(C)(CC)CN. The third-order valence-corrected chi connectivity index (χ3v) is 4.04. The van der Waals surface area contributed by atoms with E-state index >= 15 is 0 Å². The molecule has 1 atom stereocenters. The first-order valence-electron chi connectivity index (χ1n) is 7.79. The van der Waals surface area contributed by atoms with Gasteiger partial charge in [0.25, 0.3) is 0 Å². The van der Waals surface area contributed by atoms with E-state index in [1.807, 2.05) is 30.3 Å². The summed E-state index contributed by atoms with van der Waals surface area (Å²) < 4.78 is 5.76. The second kappa shape index (κ2) is 8.98. The van der Waals surface area contributed by atoms with Gasteiger partial charge in [0, 0.05) is 18.6 Å². The summed E-state index contributed by atoms with van der Waals surface area (Å²) in [5.74, 6) is 0.951. The zero-order valence-electron chi connectivity index (χ0n) is 13.3. The molecule has 0 aliphatic rings. The van der Waals surface area contributed by atoms with Crippen molar-refractivity contribution < 1.29 is 4.74 Å². The van der Waals surface area contributed by atoms with Crippen molar-refractivity contribution in [1.82, 2.24) is 4.90 Å². The van der Waals surface area contributed by atoms with Crippen LogP contribution >= 0.6 is 0 Å². The largest absolute Gasteiger partial charge is 0.494 e. The Morgan fingerprint density at radius 2 is 1.85 bits per heavy atom. The normalized spacial score (nSPS) is 14.2. The Bertz CT molecular complexity index is 349. The fraction of sp³-hybridized carbons (Fsp3) is 0.647. The Labute approximate surface area is 124 Å². The summed E-state index contributed by atoms with van der Waals surface area (Å²) in [6.45, 7) is 10.3. The van der Waals surface area contributed by atoms with Crippen LogP contribution in [0.2, 0.25) is 0 Å². The lowest BCUT2D eigenvalue weighted by Crippen LogP contribution is -2.52. The summed E-state index contributed by atoms with van der Waals surface area (Å²) in [6.07, 6.45) is 3.28. The minimum Gasteiger partial charge on any atom is -0.494 e. The lowest BCUT2D eigenvalue weighted by molar-refractivity contribution is 0.0979. The van der Waals surface area contributed by atoms with E-state index in [2.05, 4.69) is 25.7 Å². The summed E-state index contributed by atoms with van der Waals surface area (Å²) >= 11 is 0. The number of benzene rings is 1. The number of hydrogen-bond donors (Lipinski definition) is 1. The lowest BCUT2D eigenvalue weighted by Gasteiger charge is -2.40. The standard InChI is InChI=1S/C17H30N2O/c1-4-12-19(17(3,5-2)15-18)13-9-14-20-16-10-7-6-8-11-16/h6-8,10-11H,4-5,9,12-15,18H2,1-3H3. The zero-order chi connectivity index (χ0) is 14.8. The Hall–Kier alpha value is -1.06. The highest BCUT2D eigenvalue weighted by atomic mass is 16.5. The van der Waals surface area contributed by atoms with Crippen LogP contribution in [0.5, 0.6) is 5.75 Å². The van der Waals surface area contributed by atoms with Gasteiger partial charge in [-0.3, -0.25) is 4.90 Å². The molecule has 0 bridgehead atoms. The van der Waals surface area contributed by atoms with Crippen molar-refractivity contribution in [2.24, 2.45) is 5.73 Å². The maximum Gasteiger partial charge on any atom is 0.119 e. The van der Waals surface area contributed by atoms with Crippen molar-refractivity contribution in [2.45, 2.75) is 45.6 Å². The summed E-state index contributed by atoms with van der Waals surface area (Å²) in [7, 11) is 0. The maximum atomic E-state index is 5.97. The second-order valence-corrected chi connectivity index (χ2v) is 5.56. The zero-order valence-corrected chi connectivity index (χ0v) is 13.3. The van der Waals surface area contributed by atoms with Gasteiger partial charge in [-0.15, -0.1) is 0 Å². The molecule has 20 heavy (non-hydrogen) atoms. The van der Waals surface area contributed by atoms with E-state index in [4.69, 9.17) is 10.5 Å². The minimum atomic E-state index is 0.114. The van der Waals surface area contributed by atoms with Crippen molar-refractivity contribution in [1.29, 1.82) is 0 Å². The molecule has 2 N–H and O–H groups in total. The fourth-order valence-electron chi connectivity index (χ4n) is 2.38. The van der Waals surface area contributed by atoms with Crippen LogP contribution in [0.25, 0.3) is 0 Å². The van der Waals surface area contributed by atoms with E-state index in [-0.39, 0.29) is 5.54 Å². The maximum absolute atomic E-state index is 5.97. The summed E-state index contributed by atoms with van der Waals surface area (Å²) in [6, 6.07) is 10.0. The molecule has 0 saturated heterocycles. The third-order valence-electron chi connectivity index (χ3n) is 4.04. The van der Waals surface area contributed by atoms with Gasteiger partial charge in [-0.05, 0) is 44.9 Å². The molecule has 0 aromatic heterocycles. The minimum absolute atomic E-state index is 0.114. The average molecular weight is 278 g/mol. The van der Waals surface area contributed by atoms with Gasteiger partial charge < -0.3 is 10.5 Å². The van der Waals surface area contributed by atoms with Crippen molar-refractivity contribution in [3.05, 3.63) is 30.3 Å². The van der Waals surface area contributed by atoms with E-state index in [0.717, 1.165) is 44.7 Å². The molecule has 0 fully saturated rings. The second-order valence-electron chi connectivity index (χ2n) is 5.56. The van der Waals surface area contributed by atoms with Gasteiger partial charge in [0.15, 0.2) is 0 Å². The number of hydrogen-bond acceptors (Lipinski definition) is 3. The molecule has 0 radical (unpaired) electrons. The number of para-hydroxylation sites is 1. The molecule has 0 aliphatic carbocycles. The highest BCUT2D eigenvalue weighted by Gasteiger charge is 2.27. The molecule has 1 aromatic rings. The lowest BCUT2D eigenvalue weighted by atomic mass is 9.96. The number of rotatable bonds is 10. The quantitative estimate of drug-likeness (QED) is 0.667.